The van der Waals surface area contributed by atoms with Crippen LogP contribution in [0.1, 0.15) is 47.0 Å². The fourth-order valence-electron chi connectivity index (χ4n) is 4.29. The highest BCUT2D eigenvalue weighted by Crippen LogP contribution is 2.37. The van der Waals surface area contributed by atoms with Gasteiger partial charge >= 0.3 is 0 Å². The largest absolute Gasteiger partial charge is 0.324 e. The Kier molecular flexibility index (Phi) is 7.43. The number of nitrogens with zero attached hydrogens (tertiary/aromatic N) is 2. The summed E-state index contributed by atoms with van der Waals surface area (Å²) in [7, 11) is -2.12. The molecule has 1 aromatic rings. The molecular formula is C24H33N3O5S. The van der Waals surface area contributed by atoms with Crippen molar-refractivity contribution in [1.29, 1.82) is 0 Å². The van der Waals surface area contributed by atoms with Crippen LogP contribution in [0.5, 0.6) is 0 Å². The van der Waals surface area contributed by atoms with E-state index in [9.17, 15) is 22.8 Å². The summed E-state index contributed by atoms with van der Waals surface area (Å²) in [5, 5.41) is 2.77. The first-order valence-corrected chi connectivity index (χ1v) is 12.8. The third-order valence-electron chi connectivity index (χ3n) is 6.38. The van der Waals surface area contributed by atoms with Crippen molar-refractivity contribution in [1.82, 2.24) is 9.21 Å². The first-order chi connectivity index (χ1) is 15.4. The molecule has 1 N–H and O–H groups in total. The molecule has 33 heavy (non-hydrogen) atoms. The summed E-state index contributed by atoms with van der Waals surface area (Å²) in [5.74, 6) is -1.73. The van der Waals surface area contributed by atoms with Crippen LogP contribution >= 0.6 is 0 Å². The molecule has 180 valence electrons. The Hall–Kier alpha value is -2.52. The molecule has 8 nitrogen and oxygen atoms in total. The molecule has 3 unspecified atom stereocenters. The van der Waals surface area contributed by atoms with E-state index in [0.717, 1.165) is 4.90 Å². The lowest BCUT2D eigenvalue weighted by atomic mass is 9.85. The van der Waals surface area contributed by atoms with Gasteiger partial charge < -0.3 is 5.32 Å². The van der Waals surface area contributed by atoms with E-state index in [0.29, 0.717) is 24.9 Å². The number of nitrogens with one attached hydrogen (secondary N) is 1. The molecule has 0 radical (unpaired) electrons. The molecule has 1 fully saturated rings. The van der Waals surface area contributed by atoms with Crippen molar-refractivity contribution in [2.24, 2.45) is 17.8 Å². The lowest BCUT2D eigenvalue weighted by molar-refractivity contribution is -0.147. The molecule has 9 heteroatoms. The summed E-state index contributed by atoms with van der Waals surface area (Å²) in [4.78, 5) is 40.5. The van der Waals surface area contributed by atoms with E-state index in [2.05, 4.69) is 5.32 Å². The van der Waals surface area contributed by atoms with Crippen molar-refractivity contribution in [3.05, 3.63) is 36.4 Å². The SMILES string of the molecule is CC(C)CC(C(=O)Nc1ccc(S(=O)(=O)N(C)C(C)C)cc1)N1C(=O)C2CC=CCC2C1=O. The number of rotatable bonds is 8. The van der Waals surface area contributed by atoms with Crippen molar-refractivity contribution < 1.29 is 22.8 Å². The summed E-state index contributed by atoms with van der Waals surface area (Å²) >= 11 is 0. The second-order valence-electron chi connectivity index (χ2n) is 9.48. The van der Waals surface area contributed by atoms with Gasteiger partial charge in [0.25, 0.3) is 0 Å². The maximum absolute atomic E-state index is 13.2. The molecule has 2 aliphatic rings. The van der Waals surface area contributed by atoms with Crippen LogP contribution < -0.4 is 5.32 Å². The van der Waals surface area contributed by atoms with Crippen LogP contribution in [0.2, 0.25) is 0 Å². The Balaban J connectivity index is 1.80. The molecule has 1 aliphatic heterocycles. The standard InChI is InChI=1S/C24H33N3O5S/c1-15(2)14-21(27-23(29)19-8-6-7-9-20(19)24(27)30)22(28)25-17-10-12-18(13-11-17)33(31,32)26(5)16(3)4/h6-7,10-13,15-16,19-21H,8-9,14H2,1-5H3,(H,25,28). The molecule has 0 saturated carbocycles. The van der Waals surface area contributed by atoms with E-state index in [1.54, 1.807) is 13.8 Å². The quantitative estimate of drug-likeness (QED) is 0.460. The minimum atomic E-state index is -3.64. The molecule has 3 amide bonds. The van der Waals surface area contributed by atoms with Crippen LogP contribution in [-0.4, -0.2) is 54.5 Å². The monoisotopic (exact) mass is 475 g/mol. The van der Waals surface area contributed by atoms with E-state index >= 15 is 0 Å². The van der Waals surface area contributed by atoms with Crippen molar-refractivity contribution in [3.63, 3.8) is 0 Å². The fraction of sp³-hybridized carbons (Fsp3) is 0.542. The van der Waals surface area contributed by atoms with Gasteiger partial charge in [-0.15, -0.1) is 0 Å². The third kappa shape index (κ3) is 5.04. The zero-order valence-electron chi connectivity index (χ0n) is 19.8. The molecular weight excluding hydrogens is 442 g/mol. The topological polar surface area (TPSA) is 104 Å². The second kappa shape index (κ2) is 9.77. The zero-order chi connectivity index (χ0) is 24.5. The maximum atomic E-state index is 13.2. The van der Waals surface area contributed by atoms with Crippen LogP contribution in [-0.2, 0) is 24.4 Å². The predicted octanol–water partition coefficient (Wildman–Crippen LogP) is 3.02. The zero-order valence-corrected chi connectivity index (χ0v) is 20.6. The minimum Gasteiger partial charge on any atom is -0.324 e. The number of hydrogen-bond acceptors (Lipinski definition) is 5. The molecule has 1 aliphatic carbocycles. The smallest absolute Gasteiger partial charge is 0.247 e. The molecule has 0 bridgehead atoms. The Bertz CT molecular complexity index is 1020. The molecule has 3 atom stereocenters. The van der Waals surface area contributed by atoms with Crippen molar-refractivity contribution in [2.45, 2.75) is 63.9 Å². The summed E-state index contributed by atoms with van der Waals surface area (Å²) < 4.78 is 26.6. The number of amides is 3. The van der Waals surface area contributed by atoms with E-state index in [1.165, 1.54) is 35.6 Å². The van der Waals surface area contributed by atoms with Gasteiger partial charge in [0.15, 0.2) is 0 Å². The van der Waals surface area contributed by atoms with Gasteiger partial charge in [-0.3, -0.25) is 19.3 Å². The van der Waals surface area contributed by atoms with Gasteiger partial charge in [0.05, 0.1) is 16.7 Å². The molecule has 1 saturated heterocycles. The molecule has 1 heterocycles. The number of sulfonamides is 1. The highest BCUT2D eigenvalue weighted by Gasteiger charge is 2.51. The predicted molar refractivity (Wildman–Crippen MR) is 126 cm³/mol. The summed E-state index contributed by atoms with van der Waals surface area (Å²) in [6.45, 7) is 7.44. The average molecular weight is 476 g/mol. The van der Waals surface area contributed by atoms with E-state index in [4.69, 9.17) is 0 Å². The number of carbonyl (C=O) groups is 3. The van der Waals surface area contributed by atoms with Gasteiger partial charge in [0.2, 0.25) is 27.7 Å². The Labute approximate surface area is 196 Å². The Morgan fingerprint density at radius 3 is 2.00 bits per heavy atom. The fourth-order valence-corrected chi connectivity index (χ4v) is 5.66. The van der Waals surface area contributed by atoms with Crippen molar-refractivity contribution in [3.8, 4) is 0 Å². The summed E-state index contributed by atoms with van der Waals surface area (Å²) in [6.07, 6.45) is 5.21. The number of hydrogen-bond donors (Lipinski definition) is 1. The number of imide groups is 1. The first kappa shape index (κ1) is 25.1. The van der Waals surface area contributed by atoms with Crippen LogP contribution in [0.25, 0.3) is 0 Å². The van der Waals surface area contributed by atoms with Gasteiger partial charge in [-0.1, -0.05) is 26.0 Å². The maximum Gasteiger partial charge on any atom is 0.247 e. The van der Waals surface area contributed by atoms with Crippen LogP contribution in [0.4, 0.5) is 5.69 Å². The number of likely N-dealkylation sites (tertiary alicyclic amines) is 1. The first-order valence-electron chi connectivity index (χ1n) is 11.4. The van der Waals surface area contributed by atoms with Gasteiger partial charge in [-0.2, -0.15) is 4.31 Å². The van der Waals surface area contributed by atoms with Gasteiger partial charge in [0, 0.05) is 18.8 Å². The highest BCUT2D eigenvalue weighted by molar-refractivity contribution is 7.89. The summed E-state index contributed by atoms with van der Waals surface area (Å²) in [5.41, 5.74) is 0.401. The average Bonchev–Trinajstić information content (AvgIpc) is 3.02. The minimum absolute atomic E-state index is 0.0844. The van der Waals surface area contributed by atoms with Crippen LogP contribution in [0.3, 0.4) is 0 Å². The van der Waals surface area contributed by atoms with E-state index < -0.39 is 33.8 Å². The number of carbonyl (C=O) groups excluding carboxylic acids is 3. The molecule has 1 aromatic carbocycles. The normalized spacial score (nSPS) is 21.8. The van der Waals surface area contributed by atoms with Crippen LogP contribution in [0.15, 0.2) is 41.3 Å². The number of benzene rings is 1. The van der Waals surface area contributed by atoms with Crippen molar-refractivity contribution in [2.75, 3.05) is 12.4 Å². The van der Waals surface area contributed by atoms with E-state index in [1.807, 2.05) is 26.0 Å². The van der Waals surface area contributed by atoms with E-state index in [-0.39, 0.29) is 28.7 Å². The third-order valence-corrected chi connectivity index (χ3v) is 8.42. The van der Waals surface area contributed by atoms with Crippen LogP contribution in [0, 0.1) is 17.8 Å². The number of anilines is 1. The van der Waals surface area contributed by atoms with Crippen molar-refractivity contribution >= 4 is 33.4 Å². The lowest BCUT2D eigenvalue weighted by Crippen LogP contribution is -2.48. The molecule has 0 aromatic heterocycles. The Morgan fingerprint density at radius 2 is 1.55 bits per heavy atom. The number of allylic oxidation sites excluding steroid dienone is 2. The lowest BCUT2D eigenvalue weighted by Gasteiger charge is -2.27. The van der Waals surface area contributed by atoms with Gasteiger partial charge in [-0.25, -0.2) is 8.42 Å². The molecule has 0 spiro atoms. The molecule has 3 rings (SSSR count). The highest BCUT2D eigenvalue weighted by atomic mass is 32.2. The Morgan fingerprint density at radius 1 is 1.03 bits per heavy atom. The number of fused-ring (bicyclic) bond motifs is 1. The summed E-state index contributed by atoms with van der Waals surface area (Å²) in [6, 6.07) is 4.80. The van der Waals surface area contributed by atoms with Gasteiger partial charge in [0.1, 0.15) is 6.04 Å². The second-order valence-corrected chi connectivity index (χ2v) is 11.5. The van der Waals surface area contributed by atoms with Gasteiger partial charge in [-0.05, 0) is 63.3 Å².